The summed E-state index contributed by atoms with van der Waals surface area (Å²) in [4.78, 5) is 20.9. The minimum Gasteiger partial charge on any atom is -0.316 e. The number of aromatic nitrogens is 3. The van der Waals surface area contributed by atoms with Gasteiger partial charge in [-0.1, -0.05) is 0 Å². The highest BCUT2D eigenvalue weighted by atomic mass is 16.2. The van der Waals surface area contributed by atoms with Crippen molar-refractivity contribution in [3.8, 4) is 6.07 Å². The van der Waals surface area contributed by atoms with Crippen LogP contribution in [0.2, 0.25) is 0 Å². The lowest BCUT2D eigenvalue weighted by molar-refractivity contribution is 0.0275. The summed E-state index contributed by atoms with van der Waals surface area (Å²) in [6.07, 6.45) is 3.63. The topological polar surface area (TPSA) is 78.0 Å². The van der Waals surface area contributed by atoms with Crippen LogP contribution in [0, 0.1) is 11.3 Å². The fourth-order valence-electron chi connectivity index (χ4n) is 3.26. The Bertz CT molecular complexity index is 589. The van der Waals surface area contributed by atoms with Gasteiger partial charge in [0.25, 0.3) is 0 Å². The van der Waals surface area contributed by atoms with E-state index in [1.807, 2.05) is 11.0 Å². The summed E-state index contributed by atoms with van der Waals surface area (Å²) >= 11 is 0. The van der Waals surface area contributed by atoms with Crippen LogP contribution in [0.4, 0.5) is 4.79 Å². The number of nitrogens with zero attached hydrogens (tertiary/aromatic N) is 6. The molecule has 1 spiro atoms. The average molecular weight is 288 g/mol. The van der Waals surface area contributed by atoms with Crippen molar-refractivity contribution in [3.63, 3.8) is 0 Å². The molecule has 3 heterocycles. The van der Waals surface area contributed by atoms with Crippen LogP contribution in [0.25, 0.3) is 0 Å². The molecular weight excluding hydrogens is 268 g/mol. The second-order valence-corrected chi connectivity index (χ2v) is 6.16. The first-order chi connectivity index (χ1) is 10.1. The Balaban J connectivity index is 1.72. The van der Waals surface area contributed by atoms with Gasteiger partial charge in [-0.3, -0.25) is 4.90 Å². The molecule has 7 heteroatoms. The fraction of sp³-hybridized carbons (Fsp3) is 0.714. The number of carbonyl (C=O) groups excluding carboxylic acids is 1. The van der Waals surface area contributed by atoms with Crippen LogP contribution in [-0.4, -0.2) is 61.8 Å². The zero-order chi connectivity index (χ0) is 15.0. The van der Waals surface area contributed by atoms with E-state index in [1.165, 1.54) is 11.0 Å². The van der Waals surface area contributed by atoms with Gasteiger partial charge in [-0.2, -0.15) is 9.94 Å². The maximum absolute atomic E-state index is 12.6. The molecule has 1 unspecified atom stereocenters. The smallest absolute Gasteiger partial charge is 0.316 e. The van der Waals surface area contributed by atoms with E-state index in [9.17, 15) is 4.79 Å². The Labute approximate surface area is 124 Å². The summed E-state index contributed by atoms with van der Waals surface area (Å²) < 4.78 is 1.27. The minimum atomic E-state index is -0.122. The molecule has 0 aliphatic carbocycles. The normalized spacial score (nSPS) is 25.3. The molecule has 0 radical (unpaired) electrons. The molecule has 2 aliphatic heterocycles. The molecule has 1 atom stereocenters. The summed E-state index contributed by atoms with van der Waals surface area (Å²) in [6, 6.07) is 2.38. The summed E-state index contributed by atoms with van der Waals surface area (Å²) in [6.45, 7) is 7.14. The highest BCUT2D eigenvalue weighted by Gasteiger charge is 2.52. The van der Waals surface area contributed by atoms with Gasteiger partial charge in [-0.05, 0) is 26.7 Å². The zero-order valence-corrected chi connectivity index (χ0v) is 12.5. The van der Waals surface area contributed by atoms with E-state index in [1.54, 1.807) is 0 Å². The van der Waals surface area contributed by atoms with Crippen molar-refractivity contribution >= 4 is 6.03 Å². The van der Waals surface area contributed by atoms with Crippen molar-refractivity contribution in [1.29, 1.82) is 5.26 Å². The Hall–Kier alpha value is -1.94. The number of nitriles is 1. The fourth-order valence-corrected chi connectivity index (χ4v) is 3.26. The molecule has 112 valence electrons. The van der Waals surface area contributed by atoms with Crippen LogP contribution in [0.15, 0.2) is 6.33 Å². The first kappa shape index (κ1) is 14.0. The molecule has 0 N–H and O–H groups in total. The number of likely N-dealkylation sites (tertiary alicyclic amines) is 2. The molecule has 21 heavy (non-hydrogen) atoms. The molecule has 1 amide bonds. The van der Waals surface area contributed by atoms with E-state index < -0.39 is 0 Å². The summed E-state index contributed by atoms with van der Waals surface area (Å²) in [5.74, 6) is 0.399. The van der Waals surface area contributed by atoms with E-state index in [2.05, 4.69) is 28.8 Å². The van der Waals surface area contributed by atoms with Crippen molar-refractivity contribution in [2.75, 3.05) is 19.6 Å². The zero-order valence-electron chi connectivity index (χ0n) is 12.5. The number of amides is 1. The van der Waals surface area contributed by atoms with Crippen molar-refractivity contribution in [1.82, 2.24) is 24.6 Å². The Morgan fingerprint density at radius 1 is 1.48 bits per heavy atom. The predicted molar refractivity (Wildman–Crippen MR) is 75.5 cm³/mol. The van der Waals surface area contributed by atoms with Gasteiger partial charge in [-0.25, -0.2) is 9.78 Å². The van der Waals surface area contributed by atoms with E-state index in [0.717, 1.165) is 32.5 Å². The van der Waals surface area contributed by atoms with Crippen molar-refractivity contribution < 1.29 is 4.79 Å². The van der Waals surface area contributed by atoms with Crippen LogP contribution >= 0.6 is 0 Å². The van der Waals surface area contributed by atoms with E-state index in [4.69, 9.17) is 5.26 Å². The third kappa shape index (κ3) is 2.29. The van der Waals surface area contributed by atoms with E-state index >= 15 is 0 Å². The average Bonchev–Trinajstić information content (AvgIpc) is 3.05. The van der Waals surface area contributed by atoms with Crippen molar-refractivity contribution in [2.24, 2.45) is 0 Å². The highest BCUT2D eigenvalue weighted by molar-refractivity contribution is 5.77. The van der Waals surface area contributed by atoms with Gasteiger partial charge in [0.05, 0.1) is 18.0 Å². The number of hydrogen-bond acceptors (Lipinski definition) is 5. The lowest BCUT2D eigenvalue weighted by atomic mass is 9.84. The highest BCUT2D eigenvalue weighted by Crippen LogP contribution is 2.40. The standard InChI is InChI=1S/C14H20N6O/c1-11(2)18-7-4-14(9-18)5-8-19(14)13(21)20-10-16-12(17-20)3-6-15/h10-11H,3-5,7-9H2,1-2H3. The molecule has 1 aromatic heterocycles. The Morgan fingerprint density at radius 2 is 2.24 bits per heavy atom. The molecule has 3 rings (SSSR count). The molecule has 2 aliphatic rings. The first-order valence-electron chi connectivity index (χ1n) is 7.39. The minimum absolute atomic E-state index is 0.0251. The van der Waals surface area contributed by atoms with Gasteiger partial charge in [-0.15, -0.1) is 5.10 Å². The van der Waals surface area contributed by atoms with E-state index in [0.29, 0.717) is 11.9 Å². The molecule has 2 fully saturated rings. The maximum atomic E-state index is 12.6. The first-order valence-corrected chi connectivity index (χ1v) is 7.39. The van der Waals surface area contributed by atoms with Gasteiger partial charge >= 0.3 is 6.03 Å². The summed E-state index contributed by atoms with van der Waals surface area (Å²) in [5, 5.41) is 12.7. The van der Waals surface area contributed by atoms with Gasteiger partial charge in [0.1, 0.15) is 6.33 Å². The van der Waals surface area contributed by atoms with Gasteiger partial charge in [0, 0.05) is 25.7 Å². The third-order valence-corrected chi connectivity index (χ3v) is 4.67. The molecule has 1 aromatic rings. The van der Waals surface area contributed by atoms with Gasteiger partial charge in [0.15, 0.2) is 5.82 Å². The van der Waals surface area contributed by atoms with E-state index in [-0.39, 0.29) is 18.0 Å². The monoisotopic (exact) mass is 288 g/mol. The van der Waals surface area contributed by atoms with Crippen LogP contribution in [0.1, 0.15) is 32.5 Å². The SMILES string of the molecule is CC(C)N1CCC2(CCN2C(=O)n2cnc(CC#N)n2)C1. The molecule has 0 aromatic carbocycles. The second-order valence-electron chi connectivity index (χ2n) is 6.16. The molecule has 2 saturated heterocycles. The third-order valence-electron chi connectivity index (χ3n) is 4.67. The summed E-state index contributed by atoms with van der Waals surface area (Å²) in [5.41, 5.74) is -0.0251. The van der Waals surface area contributed by atoms with Crippen molar-refractivity contribution in [2.45, 2.75) is 44.7 Å². The lowest BCUT2D eigenvalue weighted by Gasteiger charge is -2.50. The van der Waals surface area contributed by atoms with Gasteiger partial charge < -0.3 is 4.90 Å². The molecular formula is C14H20N6O. The number of rotatable bonds is 2. The number of hydrogen-bond donors (Lipinski definition) is 0. The molecule has 0 bridgehead atoms. The Morgan fingerprint density at radius 3 is 2.81 bits per heavy atom. The van der Waals surface area contributed by atoms with Crippen LogP contribution < -0.4 is 0 Å². The molecule has 0 saturated carbocycles. The summed E-state index contributed by atoms with van der Waals surface area (Å²) in [7, 11) is 0. The predicted octanol–water partition coefficient (Wildman–Crippen LogP) is 0.871. The van der Waals surface area contributed by atoms with Crippen LogP contribution in [0.3, 0.4) is 0 Å². The largest absolute Gasteiger partial charge is 0.346 e. The second kappa shape index (κ2) is 5.11. The molecule has 7 nitrogen and oxygen atoms in total. The quantitative estimate of drug-likeness (QED) is 0.807. The van der Waals surface area contributed by atoms with Crippen LogP contribution in [-0.2, 0) is 6.42 Å². The number of carbonyl (C=O) groups is 1. The van der Waals surface area contributed by atoms with Crippen molar-refractivity contribution in [3.05, 3.63) is 12.2 Å². The van der Waals surface area contributed by atoms with Gasteiger partial charge in [0.2, 0.25) is 0 Å². The maximum Gasteiger partial charge on any atom is 0.346 e. The Kier molecular flexibility index (Phi) is 3.41. The lowest BCUT2D eigenvalue weighted by Crippen LogP contribution is -2.64. The van der Waals surface area contributed by atoms with Crippen LogP contribution in [0.5, 0.6) is 0 Å².